The third-order valence-electron chi connectivity index (χ3n) is 4.88. The van der Waals surface area contributed by atoms with Gasteiger partial charge in [-0.2, -0.15) is 5.26 Å². The average Bonchev–Trinajstić information content (AvgIpc) is 2.95. The number of carbonyl (C=O) groups is 2. The number of carbonyl (C=O) groups excluding carboxylic acids is 2. The molecule has 0 spiro atoms. The minimum Gasteiger partial charge on any atom is -0.548 e. The molecule has 7 nitrogen and oxygen atoms in total. The van der Waals surface area contributed by atoms with E-state index in [0.717, 1.165) is 5.56 Å². The van der Waals surface area contributed by atoms with Crippen molar-refractivity contribution in [2.24, 2.45) is 5.41 Å². The number of hydrogen-bond acceptors (Lipinski definition) is 5. The van der Waals surface area contributed by atoms with Gasteiger partial charge in [0.15, 0.2) is 0 Å². The topological polar surface area (TPSA) is 107 Å². The van der Waals surface area contributed by atoms with E-state index in [1.54, 1.807) is 58.9 Å². The van der Waals surface area contributed by atoms with Gasteiger partial charge >= 0.3 is 6.09 Å². The zero-order valence-electron chi connectivity index (χ0n) is 16.5. The Kier molecular flexibility index (Phi) is 4.46. The number of nitrogens with one attached hydrogen (secondary N) is 1. The Bertz CT molecular complexity index is 1010. The zero-order valence-corrected chi connectivity index (χ0v) is 16.5. The molecule has 0 bridgehead atoms. The predicted molar refractivity (Wildman–Crippen MR) is 101 cm³/mol. The van der Waals surface area contributed by atoms with Crippen molar-refractivity contribution in [3.05, 3.63) is 41.6 Å². The summed E-state index contributed by atoms with van der Waals surface area (Å²) in [5.41, 5.74) is 1.40. The second-order valence-electron chi connectivity index (χ2n) is 8.46. The highest BCUT2D eigenvalue weighted by Crippen LogP contribution is 2.40. The lowest BCUT2D eigenvalue weighted by Crippen LogP contribution is -2.41. The Morgan fingerprint density at radius 3 is 2.54 bits per heavy atom. The number of rotatable bonds is 3. The SMILES string of the molecule is CC1(C)OC(=O)Nc2ccc(-c3ccc(C#N)n3C(C(=O)[O-])C(C)(C)C)cc21. The van der Waals surface area contributed by atoms with Gasteiger partial charge in [0, 0.05) is 11.3 Å². The lowest BCUT2D eigenvalue weighted by atomic mass is 9.86. The number of carboxylic acids is 1. The fraction of sp³-hybridized carbons (Fsp3) is 0.381. The molecule has 1 aliphatic heterocycles. The number of ether oxygens (including phenoxy) is 1. The van der Waals surface area contributed by atoms with Crippen molar-refractivity contribution in [1.82, 2.24) is 4.57 Å². The number of aliphatic carboxylic acids is 1. The van der Waals surface area contributed by atoms with Gasteiger partial charge in [-0.15, -0.1) is 0 Å². The smallest absolute Gasteiger partial charge is 0.412 e. The highest BCUT2D eigenvalue weighted by molar-refractivity contribution is 5.89. The molecule has 1 aliphatic rings. The molecule has 1 aromatic carbocycles. The minimum absolute atomic E-state index is 0.237. The van der Waals surface area contributed by atoms with Gasteiger partial charge in [-0.3, -0.25) is 5.32 Å². The van der Waals surface area contributed by atoms with E-state index in [2.05, 4.69) is 11.4 Å². The maximum atomic E-state index is 12.0. The van der Waals surface area contributed by atoms with E-state index < -0.39 is 29.1 Å². The number of fused-ring (bicyclic) bond motifs is 1. The summed E-state index contributed by atoms with van der Waals surface area (Å²) >= 11 is 0. The second kappa shape index (κ2) is 6.41. The van der Waals surface area contributed by atoms with Crippen LogP contribution in [0.2, 0.25) is 0 Å². The van der Waals surface area contributed by atoms with Crippen LogP contribution in [0, 0.1) is 16.7 Å². The number of carboxylic acid groups (broad SMARTS) is 1. The van der Waals surface area contributed by atoms with Gasteiger partial charge in [-0.05, 0) is 49.1 Å². The summed E-state index contributed by atoms with van der Waals surface area (Å²) in [5.74, 6) is -1.25. The minimum atomic E-state index is -1.25. The zero-order chi connectivity index (χ0) is 20.9. The van der Waals surface area contributed by atoms with Crippen molar-refractivity contribution in [2.75, 3.05) is 5.32 Å². The Balaban J connectivity index is 2.22. The summed E-state index contributed by atoms with van der Waals surface area (Å²) < 4.78 is 6.88. The Morgan fingerprint density at radius 1 is 1.29 bits per heavy atom. The maximum Gasteiger partial charge on any atom is 0.412 e. The standard InChI is InChI=1S/C21H23N3O4/c1-20(2,3)17(18(25)26)24-13(11-22)7-9-16(24)12-6-8-15-14(10-12)21(4,5)28-19(27)23-15/h6-10,17H,1-5H3,(H,23,27)(H,25,26)/p-1. The van der Waals surface area contributed by atoms with Crippen molar-refractivity contribution in [1.29, 1.82) is 5.26 Å². The van der Waals surface area contributed by atoms with Crippen LogP contribution in [-0.2, 0) is 15.1 Å². The highest BCUT2D eigenvalue weighted by atomic mass is 16.6. The molecule has 28 heavy (non-hydrogen) atoms. The largest absolute Gasteiger partial charge is 0.548 e. The highest BCUT2D eigenvalue weighted by Gasteiger charge is 2.35. The van der Waals surface area contributed by atoms with Crippen LogP contribution < -0.4 is 10.4 Å². The summed E-state index contributed by atoms with van der Waals surface area (Å²) in [7, 11) is 0. The molecule has 0 aliphatic carbocycles. The molecule has 0 fully saturated rings. The first-order chi connectivity index (χ1) is 13.0. The number of anilines is 1. The van der Waals surface area contributed by atoms with Crippen LogP contribution in [0.5, 0.6) is 0 Å². The van der Waals surface area contributed by atoms with E-state index in [1.165, 1.54) is 4.57 Å². The molecule has 2 aromatic rings. The molecule has 1 amide bonds. The third kappa shape index (κ3) is 3.22. The van der Waals surface area contributed by atoms with Gasteiger partial charge in [0.05, 0.1) is 17.7 Å². The summed E-state index contributed by atoms with van der Waals surface area (Å²) in [5, 5.41) is 24.2. The predicted octanol–water partition coefficient (Wildman–Crippen LogP) is 3.16. The van der Waals surface area contributed by atoms with Crippen LogP contribution in [0.3, 0.4) is 0 Å². The van der Waals surface area contributed by atoms with Crippen LogP contribution in [0.1, 0.15) is 51.9 Å². The van der Waals surface area contributed by atoms with Crippen molar-refractivity contribution in [3.8, 4) is 17.3 Å². The number of benzene rings is 1. The Labute approximate surface area is 163 Å². The molecule has 1 N–H and O–H groups in total. The Morgan fingerprint density at radius 2 is 1.96 bits per heavy atom. The molecule has 1 aromatic heterocycles. The van der Waals surface area contributed by atoms with Gasteiger partial charge in [-0.25, -0.2) is 4.79 Å². The van der Waals surface area contributed by atoms with E-state index in [9.17, 15) is 20.0 Å². The first kappa shape index (κ1) is 19.5. The molecule has 1 unspecified atom stereocenters. The van der Waals surface area contributed by atoms with Crippen molar-refractivity contribution >= 4 is 17.7 Å². The lowest BCUT2D eigenvalue weighted by Gasteiger charge is -2.35. The maximum absolute atomic E-state index is 12.0. The number of aromatic nitrogens is 1. The molecular formula is C21H22N3O4-. The van der Waals surface area contributed by atoms with Gasteiger partial charge in [0.1, 0.15) is 17.4 Å². The van der Waals surface area contributed by atoms with Gasteiger partial charge in [0.2, 0.25) is 0 Å². The van der Waals surface area contributed by atoms with Crippen molar-refractivity contribution < 1.29 is 19.4 Å². The molecule has 1 atom stereocenters. The van der Waals surface area contributed by atoms with Crippen LogP contribution in [0.25, 0.3) is 11.3 Å². The van der Waals surface area contributed by atoms with E-state index in [4.69, 9.17) is 4.74 Å². The first-order valence-electron chi connectivity index (χ1n) is 8.93. The normalized spacial score (nSPS) is 16.4. The molecule has 146 valence electrons. The van der Waals surface area contributed by atoms with E-state index in [1.807, 2.05) is 6.07 Å². The van der Waals surface area contributed by atoms with Gasteiger partial charge in [0.25, 0.3) is 0 Å². The molecule has 0 radical (unpaired) electrons. The molecular weight excluding hydrogens is 358 g/mol. The number of amides is 1. The Hall–Kier alpha value is -3.27. The quantitative estimate of drug-likeness (QED) is 0.880. The van der Waals surface area contributed by atoms with Crippen LogP contribution in [0.4, 0.5) is 10.5 Å². The number of hydrogen-bond donors (Lipinski definition) is 1. The number of nitriles is 1. The molecule has 0 saturated heterocycles. The average molecular weight is 380 g/mol. The van der Waals surface area contributed by atoms with Crippen LogP contribution in [-0.4, -0.2) is 16.6 Å². The van der Waals surface area contributed by atoms with Gasteiger partial charge < -0.3 is 19.2 Å². The number of cyclic esters (lactones) is 1. The molecule has 2 heterocycles. The summed E-state index contributed by atoms with van der Waals surface area (Å²) in [6.07, 6.45) is -0.523. The number of nitrogens with zero attached hydrogens (tertiary/aromatic N) is 2. The fourth-order valence-corrected chi connectivity index (χ4v) is 3.63. The van der Waals surface area contributed by atoms with Crippen LogP contribution in [0.15, 0.2) is 30.3 Å². The molecule has 0 saturated carbocycles. The monoisotopic (exact) mass is 380 g/mol. The van der Waals surface area contributed by atoms with E-state index in [0.29, 0.717) is 16.9 Å². The van der Waals surface area contributed by atoms with Gasteiger partial charge in [-0.1, -0.05) is 26.8 Å². The van der Waals surface area contributed by atoms with Crippen molar-refractivity contribution in [3.63, 3.8) is 0 Å². The van der Waals surface area contributed by atoms with E-state index in [-0.39, 0.29) is 5.69 Å². The van der Waals surface area contributed by atoms with E-state index >= 15 is 0 Å². The summed E-state index contributed by atoms with van der Waals surface area (Å²) in [6, 6.07) is 9.72. The van der Waals surface area contributed by atoms with Crippen molar-refractivity contribution in [2.45, 2.75) is 46.3 Å². The fourth-order valence-electron chi connectivity index (χ4n) is 3.63. The molecule has 3 rings (SSSR count). The lowest BCUT2D eigenvalue weighted by molar-refractivity contribution is -0.313. The first-order valence-corrected chi connectivity index (χ1v) is 8.93. The summed E-state index contributed by atoms with van der Waals surface area (Å²) in [6.45, 7) is 8.94. The summed E-state index contributed by atoms with van der Waals surface area (Å²) in [4.78, 5) is 23.7. The third-order valence-corrected chi connectivity index (χ3v) is 4.88. The second-order valence-corrected chi connectivity index (χ2v) is 8.46. The molecule has 7 heteroatoms. The van der Waals surface area contributed by atoms with Crippen LogP contribution >= 0.6 is 0 Å².